The Bertz CT molecular complexity index is 1000. The van der Waals surface area contributed by atoms with Crippen molar-refractivity contribution in [2.75, 3.05) is 6.61 Å². The van der Waals surface area contributed by atoms with E-state index in [0.717, 1.165) is 35.2 Å². The van der Waals surface area contributed by atoms with Crippen LogP contribution >= 0.6 is 0 Å². The Balaban J connectivity index is 1.63. The van der Waals surface area contributed by atoms with Crippen LogP contribution in [0.3, 0.4) is 0 Å². The molecule has 154 valence electrons. The highest BCUT2D eigenvalue weighted by molar-refractivity contribution is 6.11. The van der Waals surface area contributed by atoms with Gasteiger partial charge in [-0.25, -0.2) is 4.79 Å². The summed E-state index contributed by atoms with van der Waals surface area (Å²) in [5, 5.41) is 0. The number of benzene rings is 2. The zero-order valence-electron chi connectivity index (χ0n) is 17.6. The molecule has 0 aromatic heterocycles. The van der Waals surface area contributed by atoms with Crippen LogP contribution in [0.1, 0.15) is 48.8 Å². The Kier molecular flexibility index (Phi) is 5.93. The molecule has 1 aliphatic carbocycles. The van der Waals surface area contributed by atoms with Crippen LogP contribution < -0.4 is 0 Å². The van der Waals surface area contributed by atoms with Crippen molar-refractivity contribution in [1.82, 2.24) is 0 Å². The summed E-state index contributed by atoms with van der Waals surface area (Å²) in [4.78, 5) is 30.8. The molecule has 0 spiro atoms. The number of aryl methyl sites for hydroxylation is 1. The molecule has 2 atom stereocenters. The molecule has 0 amide bonds. The van der Waals surface area contributed by atoms with E-state index in [4.69, 9.17) is 9.73 Å². The van der Waals surface area contributed by atoms with Crippen molar-refractivity contribution in [1.29, 1.82) is 0 Å². The molecule has 4 nitrogen and oxygen atoms in total. The lowest BCUT2D eigenvalue weighted by molar-refractivity contribution is -0.139. The summed E-state index contributed by atoms with van der Waals surface area (Å²) >= 11 is 0. The molecule has 2 aliphatic rings. The SMILES string of the molecule is CC1=C(C(=O)OCCc2ccccc2)[C@@H](c2ccc(C)cc2)C2C(=O)CCCC2=N1. The Labute approximate surface area is 177 Å². The minimum Gasteiger partial charge on any atom is -0.462 e. The lowest BCUT2D eigenvalue weighted by Gasteiger charge is -2.35. The molecule has 0 bridgehead atoms. The van der Waals surface area contributed by atoms with Crippen LogP contribution in [0.4, 0.5) is 0 Å². The number of aliphatic imine (C=N–C) groups is 1. The molecule has 30 heavy (non-hydrogen) atoms. The highest BCUT2D eigenvalue weighted by Gasteiger charge is 2.43. The van der Waals surface area contributed by atoms with E-state index in [-0.39, 0.29) is 23.6 Å². The van der Waals surface area contributed by atoms with Gasteiger partial charge < -0.3 is 4.74 Å². The highest BCUT2D eigenvalue weighted by atomic mass is 16.5. The standard InChI is InChI=1S/C26H27NO3/c1-17-11-13-20(14-12-17)24-23(18(2)27-21-9-6-10-22(28)25(21)24)26(29)30-16-15-19-7-4-3-5-8-19/h3-5,7-8,11-14,24-25H,6,9-10,15-16H2,1-2H3/t24-,25?/m1/s1. The number of hydrogen-bond acceptors (Lipinski definition) is 4. The van der Waals surface area contributed by atoms with E-state index in [0.29, 0.717) is 30.7 Å². The van der Waals surface area contributed by atoms with E-state index >= 15 is 0 Å². The molecule has 4 rings (SSSR count). The van der Waals surface area contributed by atoms with Gasteiger partial charge in [0.25, 0.3) is 0 Å². The third-order valence-corrected chi connectivity index (χ3v) is 6.03. The van der Waals surface area contributed by atoms with Gasteiger partial charge in [-0.15, -0.1) is 0 Å². The molecule has 1 heterocycles. The summed E-state index contributed by atoms with van der Waals surface area (Å²) < 4.78 is 5.67. The van der Waals surface area contributed by atoms with Gasteiger partial charge in [0.15, 0.2) is 0 Å². The van der Waals surface area contributed by atoms with Gasteiger partial charge in [-0.1, -0.05) is 60.2 Å². The number of rotatable bonds is 5. The molecule has 2 aromatic carbocycles. The monoisotopic (exact) mass is 401 g/mol. The Hall–Kier alpha value is -3.01. The molecule has 1 saturated carbocycles. The topological polar surface area (TPSA) is 55.7 Å². The first-order valence-corrected chi connectivity index (χ1v) is 10.6. The molecule has 1 unspecified atom stereocenters. The van der Waals surface area contributed by atoms with E-state index in [2.05, 4.69) is 0 Å². The zero-order chi connectivity index (χ0) is 21.1. The number of nitrogens with zero attached hydrogens (tertiary/aromatic N) is 1. The average molecular weight is 402 g/mol. The molecule has 0 radical (unpaired) electrons. The first-order chi connectivity index (χ1) is 14.5. The lowest BCUT2D eigenvalue weighted by Crippen LogP contribution is -2.39. The van der Waals surface area contributed by atoms with Crippen molar-refractivity contribution in [2.45, 2.75) is 45.4 Å². The maximum absolute atomic E-state index is 13.2. The van der Waals surface area contributed by atoms with Gasteiger partial charge in [-0.3, -0.25) is 9.79 Å². The summed E-state index contributed by atoms with van der Waals surface area (Å²) in [5.74, 6) is -0.875. The second-order valence-electron chi connectivity index (χ2n) is 8.16. The van der Waals surface area contributed by atoms with E-state index in [1.165, 1.54) is 0 Å². The number of esters is 1. The van der Waals surface area contributed by atoms with Gasteiger partial charge in [0, 0.05) is 30.2 Å². The third kappa shape index (κ3) is 4.13. The molecule has 0 N–H and O–H groups in total. The van der Waals surface area contributed by atoms with Gasteiger partial charge in [0.05, 0.1) is 18.1 Å². The number of hydrogen-bond donors (Lipinski definition) is 0. The van der Waals surface area contributed by atoms with Crippen LogP contribution in [0, 0.1) is 12.8 Å². The summed E-state index contributed by atoms with van der Waals surface area (Å²) in [6.45, 7) is 4.19. The number of ketones is 1. The Morgan fingerprint density at radius 2 is 1.73 bits per heavy atom. The van der Waals surface area contributed by atoms with Crippen LogP contribution in [0.2, 0.25) is 0 Å². The molecular formula is C26H27NO3. The maximum Gasteiger partial charge on any atom is 0.336 e. The number of fused-ring (bicyclic) bond motifs is 1. The van der Waals surface area contributed by atoms with Crippen molar-refractivity contribution >= 4 is 17.5 Å². The Morgan fingerprint density at radius 1 is 1.00 bits per heavy atom. The van der Waals surface area contributed by atoms with E-state index in [9.17, 15) is 9.59 Å². The van der Waals surface area contributed by atoms with Gasteiger partial charge in [0.1, 0.15) is 5.78 Å². The first kappa shape index (κ1) is 20.3. The van der Waals surface area contributed by atoms with Crippen LogP contribution in [0.15, 0.2) is 70.9 Å². The second kappa shape index (κ2) is 8.78. The predicted octanol–water partition coefficient (Wildman–Crippen LogP) is 4.96. The summed E-state index contributed by atoms with van der Waals surface area (Å²) in [5.41, 5.74) is 5.35. The van der Waals surface area contributed by atoms with E-state index in [1.54, 1.807) is 0 Å². The summed E-state index contributed by atoms with van der Waals surface area (Å²) in [7, 11) is 0. The highest BCUT2D eigenvalue weighted by Crippen LogP contribution is 2.43. The van der Waals surface area contributed by atoms with Crippen LogP contribution in [-0.4, -0.2) is 24.1 Å². The number of Topliss-reactive ketones (excluding diaryl/α,β-unsaturated/α-hetero) is 1. The van der Waals surface area contributed by atoms with Crippen molar-refractivity contribution < 1.29 is 14.3 Å². The minimum atomic E-state index is -0.366. The van der Waals surface area contributed by atoms with Gasteiger partial charge in [0.2, 0.25) is 0 Å². The number of carbonyl (C=O) groups excluding carboxylic acids is 2. The normalized spacial score (nSPS) is 21.1. The average Bonchev–Trinajstić information content (AvgIpc) is 2.74. The van der Waals surface area contributed by atoms with E-state index in [1.807, 2.05) is 68.4 Å². The van der Waals surface area contributed by atoms with Gasteiger partial charge in [-0.2, -0.15) is 0 Å². The van der Waals surface area contributed by atoms with Crippen LogP contribution in [-0.2, 0) is 20.7 Å². The lowest BCUT2D eigenvalue weighted by atomic mass is 9.69. The van der Waals surface area contributed by atoms with Crippen molar-refractivity contribution in [3.05, 3.63) is 82.6 Å². The Morgan fingerprint density at radius 3 is 2.47 bits per heavy atom. The smallest absolute Gasteiger partial charge is 0.336 e. The molecule has 0 saturated heterocycles. The molecule has 1 aliphatic heterocycles. The predicted molar refractivity (Wildman–Crippen MR) is 118 cm³/mol. The van der Waals surface area contributed by atoms with Crippen molar-refractivity contribution in [2.24, 2.45) is 10.9 Å². The third-order valence-electron chi connectivity index (χ3n) is 6.03. The molecule has 1 fully saturated rings. The van der Waals surface area contributed by atoms with Gasteiger partial charge >= 0.3 is 5.97 Å². The fourth-order valence-corrected chi connectivity index (χ4v) is 4.50. The van der Waals surface area contributed by atoms with Crippen LogP contribution in [0.5, 0.6) is 0 Å². The zero-order valence-corrected chi connectivity index (χ0v) is 17.6. The van der Waals surface area contributed by atoms with Crippen LogP contribution in [0.25, 0.3) is 0 Å². The van der Waals surface area contributed by atoms with Crippen molar-refractivity contribution in [3.63, 3.8) is 0 Å². The van der Waals surface area contributed by atoms with Crippen molar-refractivity contribution in [3.8, 4) is 0 Å². The largest absolute Gasteiger partial charge is 0.462 e. The maximum atomic E-state index is 13.2. The molecule has 4 heteroatoms. The minimum absolute atomic E-state index is 0.174. The number of allylic oxidation sites excluding steroid dienone is 1. The fraction of sp³-hybridized carbons (Fsp3) is 0.346. The molecular weight excluding hydrogens is 374 g/mol. The summed E-state index contributed by atoms with van der Waals surface area (Å²) in [6.07, 6.45) is 2.85. The number of ether oxygens (including phenoxy) is 1. The fourth-order valence-electron chi connectivity index (χ4n) is 4.50. The van der Waals surface area contributed by atoms with Gasteiger partial charge in [-0.05, 0) is 37.8 Å². The molecule has 2 aromatic rings. The summed E-state index contributed by atoms with van der Waals surface area (Å²) in [6, 6.07) is 18.1. The van der Waals surface area contributed by atoms with E-state index < -0.39 is 0 Å². The quantitative estimate of drug-likeness (QED) is 0.665. The number of carbonyl (C=O) groups is 2. The first-order valence-electron chi connectivity index (χ1n) is 10.6. The second-order valence-corrected chi connectivity index (χ2v) is 8.16.